The van der Waals surface area contributed by atoms with E-state index >= 15 is 0 Å². The van der Waals surface area contributed by atoms with Crippen LogP contribution >= 0.6 is 0 Å². The van der Waals surface area contributed by atoms with Gasteiger partial charge in [0.05, 0.1) is 18.4 Å². The van der Waals surface area contributed by atoms with Crippen molar-refractivity contribution in [2.45, 2.75) is 32.2 Å². The topological polar surface area (TPSA) is 73.0 Å². The molecule has 19 heavy (non-hydrogen) atoms. The summed E-state index contributed by atoms with van der Waals surface area (Å²) in [6, 6.07) is 2.07. The molecule has 1 N–H and O–H groups in total. The van der Waals surface area contributed by atoms with Gasteiger partial charge in [-0.2, -0.15) is 5.10 Å². The Morgan fingerprint density at radius 3 is 3.00 bits per heavy atom. The van der Waals surface area contributed by atoms with Crippen LogP contribution in [0.2, 0.25) is 0 Å². The molecule has 2 aromatic rings. The molecule has 1 aliphatic carbocycles. The van der Waals surface area contributed by atoms with Gasteiger partial charge in [-0.1, -0.05) is 5.16 Å². The van der Waals surface area contributed by atoms with E-state index in [-0.39, 0.29) is 5.91 Å². The quantitative estimate of drug-likeness (QED) is 0.904. The molecular weight excluding hydrogens is 244 g/mol. The number of aryl methyl sites for hydroxylation is 2. The summed E-state index contributed by atoms with van der Waals surface area (Å²) in [5.41, 5.74) is 2.61. The first-order valence-electron chi connectivity index (χ1n) is 6.37. The fraction of sp³-hybridized carbons (Fsp3) is 0.462. The second-order valence-electron chi connectivity index (χ2n) is 4.94. The minimum Gasteiger partial charge on any atom is -0.361 e. The van der Waals surface area contributed by atoms with Crippen molar-refractivity contribution in [3.05, 3.63) is 35.0 Å². The molecule has 0 saturated heterocycles. The fourth-order valence-electron chi connectivity index (χ4n) is 2.17. The fourth-order valence-corrected chi connectivity index (χ4v) is 2.17. The van der Waals surface area contributed by atoms with Gasteiger partial charge in [-0.25, -0.2) is 0 Å². The highest BCUT2D eigenvalue weighted by atomic mass is 16.5. The Balaban J connectivity index is 1.64. The Morgan fingerprint density at radius 2 is 2.37 bits per heavy atom. The molecule has 0 unspecified atom stereocenters. The van der Waals surface area contributed by atoms with Crippen LogP contribution in [0.1, 0.15) is 46.3 Å². The van der Waals surface area contributed by atoms with Crippen molar-refractivity contribution in [2.24, 2.45) is 7.05 Å². The van der Waals surface area contributed by atoms with Gasteiger partial charge in [0, 0.05) is 18.7 Å². The molecule has 0 aliphatic heterocycles. The molecule has 1 aliphatic rings. The van der Waals surface area contributed by atoms with E-state index in [1.165, 1.54) is 24.7 Å². The van der Waals surface area contributed by atoms with Crippen molar-refractivity contribution in [3.63, 3.8) is 0 Å². The zero-order valence-electron chi connectivity index (χ0n) is 11.0. The second kappa shape index (κ2) is 4.53. The predicted molar refractivity (Wildman–Crippen MR) is 67.6 cm³/mol. The first kappa shape index (κ1) is 12.0. The Morgan fingerprint density at radius 1 is 1.58 bits per heavy atom. The lowest BCUT2D eigenvalue weighted by molar-refractivity contribution is 0.0949. The van der Waals surface area contributed by atoms with E-state index in [1.807, 2.05) is 11.7 Å². The maximum Gasteiger partial charge on any atom is 0.256 e. The van der Waals surface area contributed by atoms with Crippen LogP contribution in [0.5, 0.6) is 0 Å². The van der Waals surface area contributed by atoms with Gasteiger partial charge in [0.2, 0.25) is 0 Å². The number of nitrogens with one attached hydrogen (secondary N) is 1. The van der Waals surface area contributed by atoms with Crippen LogP contribution in [-0.2, 0) is 13.6 Å². The maximum atomic E-state index is 11.9. The molecule has 0 radical (unpaired) electrons. The molecule has 1 amide bonds. The number of amides is 1. The summed E-state index contributed by atoms with van der Waals surface area (Å²) in [5, 5.41) is 10.8. The summed E-state index contributed by atoms with van der Waals surface area (Å²) in [4.78, 5) is 11.9. The minimum atomic E-state index is -0.183. The molecule has 6 nitrogen and oxygen atoms in total. The van der Waals surface area contributed by atoms with Crippen molar-refractivity contribution >= 4 is 5.91 Å². The van der Waals surface area contributed by atoms with Gasteiger partial charge in [0.25, 0.3) is 5.91 Å². The van der Waals surface area contributed by atoms with Crippen molar-refractivity contribution in [3.8, 4) is 0 Å². The molecule has 1 fully saturated rings. The van der Waals surface area contributed by atoms with Crippen LogP contribution in [0, 0.1) is 6.92 Å². The third-order valence-electron chi connectivity index (χ3n) is 3.39. The molecule has 100 valence electrons. The van der Waals surface area contributed by atoms with Crippen molar-refractivity contribution in [1.29, 1.82) is 0 Å². The molecule has 0 bridgehead atoms. The van der Waals surface area contributed by atoms with Crippen LogP contribution in [-0.4, -0.2) is 20.8 Å². The summed E-state index contributed by atoms with van der Waals surface area (Å²) in [5.74, 6) is 0.997. The lowest BCUT2D eigenvalue weighted by Gasteiger charge is -2.00. The summed E-state index contributed by atoms with van der Waals surface area (Å²) >= 11 is 0. The van der Waals surface area contributed by atoms with Crippen molar-refractivity contribution in [2.75, 3.05) is 0 Å². The van der Waals surface area contributed by atoms with Gasteiger partial charge in [0.1, 0.15) is 11.3 Å². The van der Waals surface area contributed by atoms with E-state index in [0.717, 1.165) is 5.69 Å². The Hall–Kier alpha value is -2.11. The number of nitrogens with zero attached hydrogens (tertiary/aromatic N) is 3. The SMILES string of the molecule is Cc1oncc1C(=O)NCc1cc(C2CC2)n(C)n1. The molecule has 0 atom stereocenters. The van der Waals surface area contributed by atoms with Gasteiger partial charge in [-0.05, 0) is 25.8 Å². The average molecular weight is 260 g/mol. The van der Waals surface area contributed by atoms with Crippen LogP contribution < -0.4 is 5.32 Å². The van der Waals surface area contributed by atoms with Gasteiger partial charge in [-0.3, -0.25) is 9.48 Å². The number of carbonyl (C=O) groups excluding carboxylic acids is 1. The molecule has 0 aromatic carbocycles. The molecule has 0 spiro atoms. The largest absolute Gasteiger partial charge is 0.361 e. The van der Waals surface area contributed by atoms with Crippen molar-refractivity contribution < 1.29 is 9.32 Å². The molecule has 3 rings (SSSR count). The number of hydrogen-bond donors (Lipinski definition) is 1. The Kier molecular flexibility index (Phi) is 2.85. The summed E-state index contributed by atoms with van der Waals surface area (Å²) < 4.78 is 6.78. The smallest absolute Gasteiger partial charge is 0.256 e. The van der Waals surface area contributed by atoms with Gasteiger partial charge >= 0.3 is 0 Å². The highest BCUT2D eigenvalue weighted by Crippen LogP contribution is 2.39. The molecular formula is C13H16N4O2. The van der Waals surface area contributed by atoms with E-state index in [1.54, 1.807) is 6.92 Å². The maximum absolute atomic E-state index is 11.9. The first-order valence-corrected chi connectivity index (χ1v) is 6.37. The molecule has 2 aromatic heterocycles. The lowest BCUT2D eigenvalue weighted by Crippen LogP contribution is -2.23. The zero-order chi connectivity index (χ0) is 13.4. The Labute approximate surface area is 110 Å². The summed E-state index contributed by atoms with van der Waals surface area (Å²) in [6.45, 7) is 2.14. The van der Waals surface area contributed by atoms with Crippen LogP contribution in [0.25, 0.3) is 0 Å². The van der Waals surface area contributed by atoms with Crippen molar-refractivity contribution in [1.82, 2.24) is 20.3 Å². The number of aromatic nitrogens is 3. The van der Waals surface area contributed by atoms with E-state index in [4.69, 9.17) is 4.52 Å². The summed E-state index contributed by atoms with van der Waals surface area (Å²) in [7, 11) is 1.95. The van der Waals surface area contributed by atoms with Crippen LogP contribution in [0.15, 0.2) is 16.8 Å². The highest BCUT2D eigenvalue weighted by molar-refractivity contribution is 5.94. The molecule has 2 heterocycles. The standard InChI is InChI=1S/C13H16N4O2/c1-8-11(7-15-19-8)13(18)14-6-10-5-12(9-3-4-9)17(2)16-10/h5,7,9H,3-4,6H2,1-2H3,(H,14,18). The van der Waals surface area contributed by atoms with E-state index in [2.05, 4.69) is 21.6 Å². The van der Waals surface area contributed by atoms with E-state index in [0.29, 0.717) is 23.8 Å². The average Bonchev–Trinajstić information content (AvgIpc) is 3.03. The molecule has 6 heteroatoms. The predicted octanol–water partition coefficient (Wildman–Crippen LogP) is 1.52. The number of hydrogen-bond acceptors (Lipinski definition) is 4. The number of rotatable bonds is 4. The zero-order valence-corrected chi connectivity index (χ0v) is 11.0. The van der Waals surface area contributed by atoms with Crippen LogP contribution in [0.4, 0.5) is 0 Å². The van der Waals surface area contributed by atoms with E-state index in [9.17, 15) is 4.79 Å². The van der Waals surface area contributed by atoms with Gasteiger partial charge < -0.3 is 9.84 Å². The Bertz CT molecular complexity index is 610. The number of carbonyl (C=O) groups is 1. The lowest BCUT2D eigenvalue weighted by atomic mass is 10.2. The highest BCUT2D eigenvalue weighted by Gasteiger charge is 2.27. The third kappa shape index (κ3) is 2.38. The minimum absolute atomic E-state index is 0.183. The summed E-state index contributed by atoms with van der Waals surface area (Å²) in [6.07, 6.45) is 3.91. The monoisotopic (exact) mass is 260 g/mol. The molecule has 1 saturated carbocycles. The normalized spacial score (nSPS) is 14.6. The van der Waals surface area contributed by atoms with Gasteiger partial charge in [0.15, 0.2) is 0 Å². The third-order valence-corrected chi connectivity index (χ3v) is 3.39. The van der Waals surface area contributed by atoms with Gasteiger partial charge in [-0.15, -0.1) is 0 Å². The van der Waals surface area contributed by atoms with Crippen LogP contribution in [0.3, 0.4) is 0 Å². The second-order valence-corrected chi connectivity index (χ2v) is 4.94. The first-order chi connectivity index (χ1) is 9.15. The van der Waals surface area contributed by atoms with E-state index < -0.39 is 0 Å².